The second kappa shape index (κ2) is 9.06. The lowest BCUT2D eigenvalue weighted by molar-refractivity contribution is 0.0927. The van der Waals surface area contributed by atoms with E-state index in [-0.39, 0.29) is 23.3 Å². The SMILES string of the molecule is CC(C)=CCC1=C(O)C(=O)c2ccccc2C1=O.CCOCC. The predicted molar refractivity (Wildman–Crippen MR) is 91.0 cm³/mol. The summed E-state index contributed by atoms with van der Waals surface area (Å²) in [7, 11) is 0. The Kier molecular flexibility index (Phi) is 7.42. The molecule has 1 aromatic carbocycles. The van der Waals surface area contributed by atoms with E-state index in [9.17, 15) is 14.7 Å². The summed E-state index contributed by atoms with van der Waals surface area (Å²) in [6.45, 7) is 9.47. The van der Waals surface area contributed by atoms with Crippen molar-refractivity contribution in [3.63, 3.8) is 0 Å². The third-order valence-electron chi connectivity index (χ3n) is 3.31. The molecule has 0 radical (unpaired) electrons. The van der Waals surface area contributed by atoms with Gasteiger partial charge in [0.25, 0.3) is 0 Å². The van der Waals surface area contributed by atoms with Crippen molar-refractivity contribution < 1.29 is 19.4 Å². The van der Waals surface area contributed by atoms with Gasteiger partial charge in [-0.05, 0) is 34.1 Å². The van der Waals surface area contributed by atoms with Gasteiger partial charge in [-0.25, -0.2) is 0 Å². The standard InChI is InChI=1S/C15H14O3.C4H10O/c1-9(2)7-8-12-13(16)10-5-3-4-6-11(10)14(17)15(12)18;1-3-5-4-2/h3-7,18H,8H2,1-2H3;3-4H2,1-2H3. The Morgan fingerprint density at radius 3 is 2.00 bits per heavy atom. The maximum Gasteiger partial charge on any atom is 0.228 e. The van der Waals surface area contributed by atoms with Crippen LogP contribution in [0, 0.1) is 0 Å². The summed E-state index contributed by atoms with van der Waals surface area (Å²) in [6, 6.07) is 6.57. The van der Waals surface area contributed by atoms with Crippen LogP contribution in [0.2, 0.25) is 0 Å². The number of hydrogen-bond acceptors (Lipinski definition) is 4. The Balaban J connectivity index is 0.000000463. The van der Waals surface area contributed by atoms with Gasteiger partial charge in [-0.15, -0.1) is 0 Å². The molecule has 0 spiro atoms. The topological polar surface area (TPSA) is 63.6 Å². The Morgan fingerprint density at radius 1 is 1.04 bits per heavy atom. The lowest BCUT2D eigenvalue weighted by Crippen LogP contribution is -2.21. The number of aliphatic hydroxyl groups is 1. The van der Waals surface area contributed by atoms with Gasteiger partial charge in [0.15, 0.2) is 11.5 Å². The van der Waals surface area contributed by atoms with Gasteiger partial charge in [0.05, 0.1) is 0 Å². The molecule has 1 aliphatic rings. The van der Waals surface area contributed by atoms with Crippen molar-refractivity contribution in [2.24, 2.45) is 0 Å². The minimum Gasteiger partial charge on any atom is -0.504 e. The number of benzene rings is 1. The zero-order valence-electron chi connectivity index (χ0n) is 14.2. The Hall–Kier alpha value is -2.20. The first-order valence-corrected chi connectivity index (χ1v) is 7.75. The summed E-state index contributed by atoms with van der Waals surface area (Å²) in [5.41, 5.74) is 1.87. The monoisotopic (exact) mass is 316 g/mol. The molecule has 0 bridgehead atoms. The highest BCUT2D eigenvalue weighted by Crippen LogP contribution is 2.27. The van der Waals surface area contributed by atoms with Gasteiger partial charge in [0.1, 0.15) is 0 Å². The van der Waals surface area contributed by atoms with E-state index >= 15 is 0 Å². The third-order valence-corrected chi connectivity index (χ3v) is 3.31. The number of ether oxygens (including phenoxy) is 1. The van der Waals surface area contributed by atoms with Crippen LogP contribution in [0.4, 0.5) is 0 Å². The van der Waals surface area contributed by atoms with Gasteiger partial charge in [0, 0.05) is 29.9 Å². The molecular weight excluding hydrogens is 292 g/mol. The Morgan fingerprint density at radius 2 is 1.57 bits per heavy atom. The maximum atomic E-state index is 12.2. The first-order valence-electron chi connectivity index (χ1n) is 7.75. The molecule has 1 aliphatic carbocycles. The lowest BCUT2D eigenvalue weighted by atomic mass is 9.86. The minimum atomic E-state index is -0.470. The molecule has 0 aliphatic heterocycles. The Bertz CT molecular complexity index is 633. The van der Waals surface area contributed by atoms with Crippen molar-refractivity contribution in [3.8, 4) is 0 Å². The zero-order chi connectivity index (χ0) is 17.4. The largest absolute Gasteiger partial charge is 0.504 e. The van der Waals surface area contributed by atoms with E-state index in [0.29, 0.717) is 5.56 Å². The number of allylic oxidation sites excluding steroid dienone is 4. The lowest BCUT2D eigenvalue weighted by Gasteiger charge is -2.16. The Labute approximate surface area is 137 Å². The number of rotatable bonds is 4. The van der Waals surface area contributed by atoms with Crippen molar-refractivity contribution in [3.05, 3.63) is 58.4 Å². The smallest absolute Gasteiger partial charge is 0.228 e. The fraction of sp³-hybridized carbons (Fsp3) is 0.368. The fourth-order valence-corrected chi connectivity index (χ4v) is 2.11. The molecule has 0 saturated carbocycles. The van der Waals surface area contributed by atoms with E-state index in [2.05, 4.69) is 0 Å². The molecule has 4 nitrogen and oxygen atoms in total. The van der Waals surface area contributed by atoms with Crippen LogP contribution in [0.5, 0.6) is 0 Å². The van der Waals surface area contributed by atoms with Gasteiger partial charge in [-0.1, -0.05) is 35.9 Å². The van der Waals surface area contributed by atoms with Gasteiger partial charge in [0.2, 0.25) is 5.78 Å². The van der Waals surface area contributed by atoms with E-state index in [1.807, 2.05) is 33.8 Å². The van der Waals surface area contributed by atoms with Crippen molar-refractivity contribution in [1.29, 1.82) is 0 Å². The molecule has 0 aromatic heterocycles. The van der Waals surface area contributed by atoms with E-state index in [1.54, 1.807) is 24.3 Å². The summed E-state index contributed by atoms with van der Waals surface area (Å²) in [4.78, 5) is 24.1. The van der Waals surface area contributed by atoms with E-state index < -0.39 is 11.5 Å². The van der Waals surface area contributed by atoms with Crippen LogP contribution in [0.3, 0.4) is 0 Å². The van der Waals surface area contributed by atoms with Crippen LogP contribution < -0.4 is 0 Å². The molecule has 2 rings (SSSR count). The average molecular weight is 316 g/mol. The normalized spacial score (nSPS) is 13.2. The molecule has 0 atom stereocenters. The van der Waals surface area contributed by atoms with E-state index in [0.717, 1.165) is 18.8 Å². The number of aliphatic hydroxyl groups excluding tert-OH is 1. The first-order chi connectivity index (χ1) is 10.9. The molecule has 0 fully saturated rings. The summed E-state index contributed by atoms with van der Waals surface area (Å²) in [5, 5.41) is 9.85. The molecule has 1 aromatic rings. The maximum absolute atomic E-state index is 12.2. The first kappa shape index (κ1) is 18.8. The summed E-state index contributed by atoms with van der Waals surface area (Å²) in [6.07, 6.45) is 2.11. The van der Waals surface area contributed by atoms with Crippen molar-refractivity contribution in [2.75, 3.05) is 13.2 Å². The van der Waals surface area contributed by atoms with Crippen molar-refractivity contribution in [1.82, 2.24) is 0 Å². The summed E-state index contributed by atoms with van der Waals surface area (Å²) in [5.74, 6) is -1.15. The zero-order valence-corrected chi connectivity index (χ0v) is 14.2. The summed E-state index contributed by atoms with van der Waals surface area (Å²) >= 11 is 0. The van der Waals surface area contributed by atoms with Gasteiger partial charge in [-0.2, -0.15) is 0 Å². The molecule has 0 amide bonds. The minimum absolute atomic E-state index is 0.180. The third kappa shape index (κ3) is 4.89. The molecule has 1 N–H and O–H groups in total. The predicted octanol–water partition coefficient (Wildman–Crippen LogP) is 4.28. The number of carbonyl (C=O) groups is 2. The molecule has 0 saturated heterocycles. The van der Waals surface area contributed by atoms with Crippen LogP contribution in [-0.2, 0) is 4.74 Å². The quantitative estimate of drug-likeness (QED) is 0.842. The van der Waals surface area contributed by atoms with E-state index in [1.165, 1.54) is 0 Å². The second-order valence-electron chi connectivity index (χ2n) is 5.30. The van der Waals surface area contributed by atoms with Crippen LogP contribution in [-0.4, -0.2) is 29.9 Å². The number of fused-ring (bicyclic) bond motifs is 1. The highest BCUT2D eigenvalue weighted by molar-refractivity contribution is 6.26. The highest BCUT2D eigenvalue weighted by Gasteiger charge is 2.30. The van der Waals surface area contributed by atoms with Gasteiger partial charge < -0.3 is 9.84 Å². The average Bonchev–Trinajstić information content (AvgIpc) is 2.54. The molecule has 0 heterocycles. The molecule has 124 valence electrons. The molecule has 0 unspecified atom stereocenters. The molecular formula is C19H24O4. The van der Waals surface area contributed by atoms with Crippen molar-refractivity contribution in [2.45, 2.75) is 34.1 Å². The number of ketones is 2. The van der Waals surface area contributed by atoms with Crippen LogP contribution in [0.15, 0.2) is 47.2 Å². The number of hydrogen-bond donors (Lipinski definition) is 1. The number of Topliss-reactive ketones (excluding diaryl/α,β-unsaturated/α-hetero) is 2. The van der Waals surface area contributed by atoms with Crippen LogP contribution in [0.1, 0.15) is 54.8 Å². The van der Waals surface area contributed by atoms with Gasteiger partial charge in [-0.3, -0.25) is 9.59 Å². The summed E-state index contributed by atoms with van der Waals surface area (Å²) < 4.78 is 4.83. The molecule has 23 heavy (non-hydrogen) atoms. The van der Waals surface area contributed by atoms with Gasteiger partial charge >= 0.3 is 0 Å². The van der Waals surface area contributed by atoms with E-state index in [4.69, 9.17) is 4.74 Å². The van der Waals surface area contributed by atoms with Crippen molar-refractivity contribution >= 4 is 11.6 Å². The fourth-order valence-electron chi connectivity index (χ4n) is 2.11. The number of carbonyl (C=O) groups excluding carboxylic acids is 2. The van der Waals surface area contributed by atoms with Crippen LogP contribution in [0.25, 0.3) is 0 Å². The van der Waals surface area contributed by atoms with Crippen LogP contribution >= 0.6 is 0 Å². The second-order valence-corrected chi connectivity index (χ2v) is 5.30. The molecule has 4 heteroatoms. The highest BCUT2D eigenvalue weighted by atomic mass is 16.5.